The first-order valence-electron chi connectivity index (χ1n) is 10.1. The molecule has 2 heterocycles. The fourth-order valence-corrected chi connectivity index (χ4v) is 4.30. The zero-order valence-electron chi connectivity index (χ0n) is 17.7. The summed E-state index contributed by atoms with van der Waals surface area (Å²) >= 11 is 1.04. The van der Waals surface area contributed by atoms with Crippen LogP contribution in [0, 0.1) is 6.92 Å². The van der Waals surface area contributed by atoms with Gasteiger partial charge in [0, 0.05) is 51.1 Å². The number of piperidine rings is 1. The van der Waals surface area contributed by atoms with E-state index in [4.69, 9.17) is 0 Å². The quantitative estimate of drug-likeness (QED) is 0.308. The minimum atomic E-state index is -4.38. The monoisotopic (exact) mass is 567 g/mol. The van der Waals surface area contributed by atoms with Crippen molar-refractivity contribution in [3.63, 3.8) is 0 Å². The minimum absolute atomic E-state index is 0. The van der Waals surface area contributed by atoms with Gasteiger partial charge in [0.15, 0.2) is 11.7 Å². The fraction of sp³-hybridized carbons (Fsp3) is 0.524. The third-order valence-electron chi connectivity index (χ3n) is 5.28. The number of rotatable bonds is 6. The van der Waals surface area contributed by atoms with Gasteiger partial charge >= 0.3 is 6.18 Å². The van der Waals surface area contributed by atoms with E-state index in [1.807, 2.05) is 0 Å². The molecule has 0 atom stereocenters. The molecule has 1 aromatic carbocycles. The van der Waals surface area contributed by atoms with Crippen LogP contribution in [0.4, 0.5) is 13.2 Å². The van der Waals surface area contributed by atoms with E-state index in [0.717, 1.165) is 49.2 Å². The molecule has 0 aliphatic carbocycles. The Kier molecular flexibility index (Phi) is 10.0. The van der Waals surface area contributed by atoms with Crippen molar-refractivity contribution in [3.8, 4) is 0 Å². The van der Waals surface area contributed by atoms with E-state index in [0.29, 0.717) is 30.0 Å². The van der Waals surface area contributed by atoms with Crippen LogP contribution in [-0.2, 0) is 19.1 Å². The molecule has 1 aromatic heterocycles. The van der Waals surface area contributed by atoms with Gasteiger partial charge < -0.3 is 10.6 Å². The summed E-state index contributed by atoms with van der Waals surface area (Å²) in [5, 5.41) is 8.14. The fourth-order valence-electron chi connectivity index (χ4n) is 3.50. The molecule has 0 spiro atoms. The predicted molar refractivity (Wildman–Crippen MR) is 130 cm³/mol. The standard InChI is InChI=1S/C21H28F3N5S.HI/c1-15-5-3-4-6-16(15)13-29-11-8-17(9-12-29)27-20(25-2)26-10-7-19-28-18(14-30-19)21(22,23)24;/h3-6,14,17H,7-13H2,1-2H3,(H2,25,26,27);1H. The van der Waals surface area contributed by atoms with Crippen LogP contribution >= 0.6 is 35.3 Å². The van der Waals surface area contributed by atoms with Crippen LogP contribution in [0.2, 0.25) is 0 Å². The Morgan fingerprint density at radius 2 is 1.97 bits per heavy atom. The van der Waals surface area contributed by atoms with Crippen molar-refractivity contribution in [2.75, 3.05) is 26.7 Å². The number of hydrogen-bond acceptors (Lipinski definition) is 4. The van der Waals surface area contributed by atoms with Gasteiger partial charge in [0.05, 0.1) is 5.01 Å². The van der Waals surface area contributed by atoms with Crippen molar-refractivity contribution in [2.45, 2.75) is 44.9 Å². The van der Waals surface area contributed by atoms with Crippen LogP contribution in [0.5, 0.6) is 0 Å². The topological polar surface area (TPSA) is 52.6 Å². The molecule has 0 unspecified atom stereocenters. The molecule has 10 heteroatoms. The maximum atomic E-state index is 12.6. The molecule has 0 amide bonds. The molecule has 1 saturated heterocycles. The number of likely N-dealkylation sites (tertiary alicyclic amines) is 1. The molecule has 172 valence electrons. The molecule has 31 heavy (non-hydrogen) atoms. The molecule has 1 aliphatic heterocycles. The summed E-state index contributed by atoms with van der Waals surface area (Å²) in [4.78, 5) is 10.4. The third-order valence-corrected chi connectivity index (χ3v) is 6.19. The molecule has 0 saturated carbocycles. The highest BCUT2D eigenvalue weighted by molar-refractivity contribution is 14.0. The van der Waals surface area contributed by atoms with Gasteiger partial charge in [-0.05, 0) is 30.9 Å². The number of alkyl halides is 3. The van der Waals surface area contributed by atoms with Crippen molar-refractivity contribution >= 4 is 41.3 Å². The molecular formula is C21H29F3IN5S. The molecule has 0 bridgehead atoms. The number of aliphatic imine (C=N–C) groups is 1. The molecule has 2 aromatic rings. The van der Waals surface area contributed by atoms with Gasteiger partial charge in [0.1, 0.15) is 0 Å². The van der Waals surface area contributed by atoms with Crippen LogP contribution in [0.15, 0.2) is 34.6 Å². The molecule has 3 rings (SSSR count). The lowest BCUT2D eigenvalue weighted by molar-refractivity contribution is -0.140. The zero-order chi connectivity index (χ0) is 21.6. The second-order valence-corrected chi connectivity index (χ2v) is 8.44. The number of hydrogen-bond donors (Lipinski definition) is 2. The Morgan fingerprint density at radius 3 is 2.58 bits per heavy atom. The number of nitrogens with zero attached hydrogens (tertiary/aromatic N) is 3. The molecule has 2 N–H and O–H groups in total. The number of halogens is 4. The van der Waals surface area contributed by atoms with E-state index >= 15 is 0 Å². The maximum absolute atomic E-state index is 12.6. The van der Waals surface area contributed by atoms with Crippen molar-refractivity contribution in [1.82, 2.24) is 20.5 Å². The molecule has 0 radical (unpaired) electrons. The van der Waals surface area contributed by atoms with E-state index in [1.165, 1.54) is 11.1 Å². The van der Waals surface area contributed by atoms with Crippen LogP contribution in [0.1, 0.15) is 34.7 Å². The summed E-state index contributed by atoms with van der Waals surface area (Å²) in [5.41, 5.74) is 1.88. The molecule has 1 fully saturated rings. The summed E-state index contributed by atoms with van der Waals surface area (Å²) in [6.45, 7) is 5.64. The number of thiazole rings is 1. The Bertz CT molecular complexity index is 848. The lowest BCUT2D eigenvalue weighted by Crippen LogP contribution is -2.48. The van der Waals surface area contributed by atoms with E-state index in [1.54, 1.807) is 7.05 Å². The zero-order valence-corrected chi connectivity index (χ0v) is 20.9. The summed E-state index contributed by atoms with van der Waals surface area (Å²) < 4.78 is 37.9. The first-order chi connectivity index (χ1) is 14.3. The van der Waals surface area contributed by atoms with Gasteiger partial charge in [-0.1, -0.05) is 24.3 Å². The van der Waals surface area contributed by atoms with Crippen LogP contribution < -0.4 is 10.6 Å². The maximum Gasteiger partial charge on any atom is 0.434 e. The second-order valence-electron chi connectivity index (χ2n) is 7.49. The van der Waals surface area contributed by atoms with Crippen molar-refractivity contribution in [3.05, 3.63) is 51.5 Å². The number of nitrogens with one attached hydrogen (secondary N) is 2. The normalized spacial score (nSPS) is 16.1. The average Bonchev–Trinajstić information content (AvgIpc) is 3.20. The second kappa shape index (κ2) is 12.0. The Hall–Kier alpha value is -1.40. The number of aromatic nitrogens is 1. The van der Waals surface area contributed by atoms with Gasteiger partial charge in [0.25, 0.3) is 0 Å². The van der Waals surface area contributed by atoms with E-state index in [-0.39, 0.29) is 24.0 Å². The highest BCUT2D eigenvalue weighted by atomic mass is 127. The number of guanidine groups is 1. The Morgan fingerprint density at radius 1 is 1.26 bits per heavy atom. The molecular weight excluding hydrogens is 538 g/mol. The van der Waals surface area contributed by atoms with Crippen LogP contribution in [-0.4, -0.2) is 48.6 Å². The summed E-state index contributed by atoms with van der Waals surface area (Å²) in [5.74, 6) is 0.681. The smallest absolute Gasteiger partial charge is 0.356 e. The van der Waals surface area contributed by atoms with Crippen LogP contribution in [0.25, 0.3) is 0 Å². The highest BCUT2D eigenvalue weighted by Gasteiger charge is 2.33. The first-order valence-corrected chi connectivity index (χ1v) is 11.0. The van der Waals surface area contributed by atoms with Crippen molar-refractivity contribution in [2.24, 2.45) is 4.99 Å². The number of aryl methyl sites for hydroxylation is 1. The van der Waals surface area contributed by atoms with Crippen molar-refractivity contribution in [1.29, 1.82) is 0 Å². The van der Waals surface area contributed by atoms with Gasteiger partial charge in [-0.25, -0.2) is 4.98 Å². The molecule has 1 aliphatic rings. The lowest BCUT2D eigenvalue weighted by Gasteiger charge is -2.33. The van der Waals surface area contributed by atoms with Gasteiger partial charge in [-0.2, -0.15) is 13.2 Å². The average molecular weight is 567 g/mol. The summed E-state index contributed by atoms with van der Waals surface area (Å²) in [6.07, 6.45) is -1.91. The Labute approximate surface area is 202 Å². The number of benzene rings is 1. The minimum Gasteiger partial charge on any atom is -0.356 e. The SMILES string of the molecule is CN=C(NCCc1nc(C(F)(F)F)cs1)NC1CCN(Cc2ccccc2C)CC1.I. The van der Waals surface area contributed by atoms with E-state index < -0.39 is 11.9 Å². The summed E-state index contributed by atoms with van der Waals surface area (Å²) in [7, 11) is 1.70. The Balaban J connectivity index is 0.00000341. The van der Waals surface area contributed by atoms with Gasteiger partial charge in [-0.15, -0.1) is 35.3 Å². The van der Waals surface area contributed by atoms with E-state index in [9.17, 15) is 13.2 Å². The largest absolute Gasteiger partial charge is 0.434 e. The lowest BCUT2D eigenvalue weighted by atomic mass is 10.0. The van der Waals surface area contributed by atoms with Crippen LogP contribution in [0.3, 0.4) is 0 Å². The first kappa shape index (κ1) is 25.9. The van der Waals surface area contributed by atoms with Crippen molar-refractivity contribution < 1.29 is 13.2 Å². The molecule has 5 nitrogen and oxygen atoms in total. The highest BCUT2D eigenvalue weighted by Crippen LogP contribution is 2.30. The van der Waals surface area contributed by atoms with Gasteiger partial charge in [0.2, 0.25) is 0 Å². The van der Waals surface area contributed by atoms with Gasteiger partial charge in [-0.3, -0.25) is 9.89 Å². The predicted octanol–water partition coefficient (Wildman–Crippen LogP) is 4.46. The summed E-state index contributed by atoms with van der Waals surface area (Å²) in [6, 6.07) is 8.82. The third kappa shape index (κ3) is 7.90. The van der Waals surface area contributed by atoms with E-state index in [2.05, 4.69) is 56.7 Å².